The number of hydrogen-bond donors (Lipinski definition) is 3. The van der Waals surface area contributed by atoms with Crippen molar-refractivity contribution in [3.05, 3.63) is 70.8 Å². The van der Waals surface area contributed by atoms with Gasteiger partial charge in [0.1, 0.15) is 0 Å². The van der Waals surface area contributed by atoms with E-state index < -0.39 is 0 Å². The van der Waals surface area contributed by atoms with Crippen LogP contribution in [0.2, 0.25) is 5.02 Å². The van der Waals surface area contributed by atoms with Crippen LogP contribution in [0.5, 0.6) is 0 Å². The molecular weight excluding hydrogens is 410 g/mol. The zero-order chi connectivity index (χ0) is 21.1. The van der Waals surface area contributed by atoms with Crippen LogP contribution in [0, 0.1) is 0 Å². The maximum atomic E-state index is 12.0. The van der Waals surface area contributed by atoms with Crippen molar-refractivity contribution >= 4 is 52.5 Å². The van der Waals surface area contributed by atoms with Crippen LogP contribution < -0.4 is 16.0 Å². The number of thiocarbonyl (C=S) groups is 1. The normalized spacial score (nSPS) is 10.6. The Labute approximate surface area is 180 Å². The third-order valence-corrected chi connectivity index (χ3v) is 4.21. The summed E-state index contributed by atoms with van der Waals surface area (Å²) in [6, 6.07) is 13.9. The first-order valence-electron chi connectivity index (χ1n) is 8.91. The second-order valence-electron chi connectivity index (χ2n) is 6.01. The Morgan fingerprint density at radius 3 is 2.45 bits per heavy atom. The maximum absolute atomic E-state index is 12.0. The molecule has 0 saturated carbocycles. The van der Waals surface area contributed by atoms with E-state index in [1.54, 1.807) is 61.7 Å². The molecule has 2 aromatic carbocycles. The van der Waals surface area contributed by atoms with Crippen LogP contribution in [0.1, 0.15) is 22.3 Å². The van der Waals surface area contributed by atoms with Gasteiger partial charge in [0.2, 0.25) is 5.91 Å². The molecule has 0 aliphatic heterocycles. The highest BCUT2D eigenvalue weighted by atomic mass is 35.5. The summed E-state index contributed by atoms with van der Waals surface area (Å²) in [5, 5.41) is 9.07. The predicted molar refractivity (Wildman–Crippen MR) is 120 cm³/mol. The number of methoxy groups -OCH3 is 1. The molecule has 0 heterocycles. The highest BCUT2D eigenvalue weighted by Gasteiger charge is 2.06. The number of halogens is 1. The largest absolute Gasteiger partial charge is 0.385 e. The highest BCUT2D eigenvalue weighted by Crippen LogP contribution is 2.11. The summed E-state index contributed by atoms with van der Waals surface area (Å²) in [7, 11) is 1.62. The monoisotopic (exact) mass is 431 g/mol. The minimum Gasteiger partial charge on any atom is -0.385 e. The molecule has 0 saturated heterocycles. The lowest BCUT2D eigenvalue weighted by Crippen LogP contribution is -2.32. The molecule has 0 atom stereocenters. The molecule has 3 N–H and O–H groups in total. The van der Waals surface area contributed by atoms with Crippen molar-refractivity contribution in [3.63, 3.8) is 0 Å². The number of carbonyl (C=O) groups is 2. The Kier molecular flexibility index (Phi) is 9.30. The summed E-state index contributed by atoms with van der Waals surface area (Å²) >= 11 is 11.0. The summed E-state index contributed by atoms with van der Waals surface area (Å²) < 4.78 is 4.94. The molecule has 0 fully saturated rings. The first-order valence-corrected chi connectivity index (χ1v) is 9.69. The second-order valence-corrected chi connectivity index (χ2v) is 6.85. The second kappa shape index (κ2) is 12.0. The summed E-state index contributed by atoms with van der Waals surface area (Å²) in [5.41, 5.74) is 2.04. The fourth-order valence-electron chi connectivity index (χ4n) is 2.29. The Hall–Kier alpha value is -2.74. The first kappa shape index (κ1) is 22.5. The summed E-state index contributed by atoms with van der Waals surface area (Å²) in [5.74, 6) is -0.514. The van der Waals surface area contributed by atoms with Crippen LogP contribution in [0.25, 0.3) is 6.08 Å². The first-order chi connectivity index (χ1) is 14.0. The Morgan fingerprint density at radius 2 is 1.79 bits per heavy atom. The van der Waals surface area contributed by atoms with E-state index in [1.165, 1.54) is 6.08 Å². The molecule has 2 aromatic rings. The summed E-state index contributed by atoms with van der Waals surface area (Å²) in [4.78, 5) is 24.0. The quantitative estimate of drug-likeness (QED) is 0.338. The topological polar surface area (TPSA) is 79.5 Å². The average molecular weight is 432 g/mol. The van der Waals surface area contributed by atoms with Crippen LogP contribution >= 0.6 is 23.8 Å². The zero-order valence-corrected chi connectivity index (χ0v) is 17.5. The third-order valence-electron chi connectivity index (χ3n) is 3.75. The van der Waals surface area contributed by atoms with E-state index >= 15 is 0 Å². The molecule has 0 bridgehead atoms. The van der Waals surface area contributed by atoms with Gasteiger partial charge in [0.15, 0.2) is 5.11 Å². The van der Waals surface area contributed by atoms with E-state index in [4.69, 9.17) is 28.6 Å². The molecule has 0 radical (unpaired) electrons. The van der Waals surface area contributed by atoms with Gasteiger partial charge in [-0.2, -0.15) is 0 Å². The minimum atomic E-state index is -0.357. The number of anilines is 1. The van der Waals surface area contributed by atoms with E-state index in [0.29, 0.717) is 29.4 Å². The fourth-order valence-corrected chi connectivity index (χ4v) is 2.63. The lowest BCUT2D eigenvalue weighted by atomic mass is 10.2. The van der Waals surface area contributed by atoms with E-state index in [9.17, 15) is 9.59 Å². The van der Waals surface area contributed by atoms with Crippen molar-refractivity contribution in [2.24, 2.45) is 0 Å². The van der Waals surface area contributed by atoms with E-state index in [-0.39, 0.29) is 16.9 Å². The van der Waals surface area contributed by atoms with Gasteiger partial charge in [0.25, 0.3) is 5.91 Å². The predicted octanol–water partition coefficient (Wildman–Crippen LogP) is 3.63. The molecule has 0 unspecified atom stereocenters. The van der Waals surface area contributed by atoms with Crippen LogP contribution in [0.3, 0.4) is 0 Å². The SMILES string of the molecule is COCCCNC(=O)c1ccc(NC(=S)NC(=O)/C=C/c2ccc(Cl)cc2)cc1. The molecule has 8 heteroatoms. The van der Waals surface area contributed by atoms with Crippen molar-refractivity contribution < 1.29 is 14.3 Å². The van der Waals surface area contributed by atoms with Crippen molar-refractivity contribution in [2.75, 3.05) is 25.6 Å². The van der Waals surface area contributed by atoms with Crippen LogP contribution in [-0.4, -0.2) is 37.2 Å². The van der Waals surface area contributed by atoms with Gasteiger partial charge in [-0.1, -0.05) is 23.7 Å². The highest BCUT2D eigenvalue weighted by molar-refractivity contribution is 7.80. The van der Waals surface area contributed by atoms with Crippen molar-refractivity contribution in [1.29, 1.82) is 0 Å². The fraction of sp³-hybridized carbons (Fsp3) is 0.190. The summed E-state index contributed by atoms with van der Waals surface area (Å²) in [6.07, 6.45) is 3.80. The van der Waals surface area contributed by atoms with Crippen molar-refractivity contribution in [3.8, 4) is 0 Å². The molecule has 0 spiro atoms. The number of benzene rings is 2. The van der Waals surface area contributed by atoms with Gasteiger partial charge in [-0.3, -0.25) is 14.9 Å². The van der Waals surface area contributed by atoms with E-state index in [1.807, 2.05) is 0 Å². The van der Waals surface area contributed by atoms with Gasteiger partial charge in [-0.05, 0) is 66.7 Å². The molecule has 0 aliphatic rings. The van der Waals surface area contributed by atoms with Crippen LogP contribution in [0.15, 0.2) is 54.6 Å². The lowest BCUT2D eigenvalue weighted by molar-refractivity contribution is -0.115. The van der Waals surface area contributed by atoms with Gasteiger partial charge < -0.3 is 15.4 Å². The number of rotatable bonds is 8. The molecule has 2 amide bonds. The van der Waals surface area contributed by atoms with Crippen molar-refractivity contribution in [2.45, 2.75) is 6.42 Å². The van der Waals surface area contributed by atoms with Crippen molar-refractivity contribution in [1.82, 2.24) is 10.6 Å². The number of ether oxygens (including phenoxy) is 1. The molecule has 6 nitrogen and oxygen atoms in total. The minimum absolute atomic E-state index is 0.157. The molecule has 2 rings (SSSR count). The van der Waals surface area contributed by atoms with Gasteiger partial charge in [0, 0.05) is 42.6 Å². The standard InChI is InChI=1S/C21H22ClN3O3S/c1-28-14-2-13-23-20(27)16-6-10-18(11-7-16)24-21(29)25-19(26)12-5-15-3-8-17(22)9-4-15/h3-12H,2,13-14H2,1H3,(H,23,27)(H2,24,25,26,29)/b12-5+. The lowest BCUT2D eigenvalue weighted by Gasteiger charge is -2.09. The zero-order valence-electron chi connectivity index (χ0n) is 15.9. The summed E-state index contributed by atoms with van der Waals surface area (Å²) in [6.45, 7) is 1.15. The number of amides is 2. The maximum Gasteiger partial charge on any atom is 0.251 e. The molecule has 0 aliphatic carbocycles. The average Bonchev–Trinajstić information content (AvgIpc) is 2.71. The number of hydrogen-bond acceptors (Lipinski definition) is 4. The smallest absolute Gasteiger partial charge is 0.251 e. The number of nitrogens with one attached hydrogen (secondary N) is 3. The molecule has 29 heavy (non-hydrogen) atoms. The van der Waals surface area contributed by atoms with Gasteiger partial charge in [-0.25, -0.2) is 0 Å². The Balaban J connectivity index is 1.80. The Bertz CT molecular complexity index is 868. The number of carbonyl (C=O) groups excluding carboxylic acids is 2. The van der Waals surface area contributed by atoms with Crippen LogP contribution in [-0.2, 0) is 9.53 Å². The molecular formula is C21H22ClN3O3S. The van der Waals surface area contributed by atoms with Crippen LogP contribution in [0.4, 0.5) is 5.69 Å². The van der Waals surface area contributed by atoms with Gasteiger partial charge in [-0.15, -0.1) is 0 Å². The molecule has 152 valence electrons. The molecule has 0 aromatic heterocycles. The van der Waals surface area contributed by atoms with Gasteiger partial charge >= 0.3 is 0 Å². The van der Waals surface area contributed by atoms with Gasteiger partial charge in [0.05, 0.1) is 0 Å². The van der Waals surface area contributed by atoms with E-state index in [2.05, 4.69) is 16.0 Å². The third kappa shape index (κ3) is 8.43. The Morgan fingerprint density at radius 1 is 1.10 bits per heavy atom. The van der Waals surface area contributed by atoms with E-state index in [0.717, 1.165) is 12.0 Å².